The Morgan fingerprint density at radius 3 is 1.89 bits per heavy atom. The molecule has 1 saturated heterocycles. The fourth-order valence-corrected chi connectivity index (χ4v) is 2.75. The van der Waals surface area contributed by atoms with E-state index in [9.17, 15) is 9.59 Å². The summed E-state index contributed by atoms with van der Waals surface area (Å²) in [5.41, 5.74) is -0.0458. The molecule has 0 spiro atoms. The van der Waals surface area contributed by atoms with Gasteiger partial charge in [-0.05, 0) is 31.2 Å². The van der Waals surface area contributed by atoms with Crippen LogP contribution >= 0.6 is 0 Å². The third kappa shape index (κ3) is 11.1. The molecule has 0 aromatic rings. The van der Waals surface area contributed by atoms with Gasteiger partial charge >= 0.3 is 11.9 Å². The summed E-state index contributed by atoms with van der Waals surface area (Å²) < 4.78 is 15.9. The Kier molecular flexibility index (Phi) is 14.0. The second kappa shape index (κ2) is 16.2. The second-order valence-electron chi connectivity index (χ2n) is 6.96. The number of allylic oxidation sites excluding steroid dienone is 2. The van der Waals surface area contributed by atoms with E-state index in [0.29, 0.717) is 26.4 Å². The SMILES string of the molecule is CCCCCCOC(=O)C(=C/C=C/N1CCOCC1)C(=O)OCCCCCC. The van der Waals surface area contributed by atoms with Gasteiger partial charge in [0.25, 0.3) is 0 Å². The van der Waals surface area contributed by atoms with Crippen LogP contribution in [0.1, 0.15) is 65.2 Å². The number of esters is 2. The molecule has 0 N–H and O–H groups in total. The molecule has 0 aromatic heterocycles. The smallest absolute Gasteiger partial charge is 0.345 e. The second-order valence-corrected chi connectivity index (χ2v) is 6.96. The summed E-state index contributed by atoms with van der Waals surface area (Å²) >= 11 is 0. The van der Waals surface area contributed by atoms with Crippen molar-refractivity contribution in [3.8, 4) is 0 Å². The normalized spacial score (nSPS) is 14.1. The van der Waals surface area contributed by atoms with Crippen LogP contribution in [0.3, 0.4) is 0 Å². The molecule has 1 aliphatic heterocycles. The molecule has 0 saturated carbocycles. The Labute approximate surface area is 169 Å². The van der Waals surface area contributed by atoms with Crippen molar-refractivity contribution in [1.29, 1.82) is 0 Å². The van der Waals surface area contributed by atoms with E-state index in [0.717, 1.165) is 64.5 Å². The van der Waals surface area contributed by atoms with Gasteiger partial charge in [-0.3, -0.25) is 0 Å². The average Bonchev–Trinajstić information content (AvgIpc) is 2.71. The molecule has 6 nitrogen and oxygen atoms in total. The van der Waals surface area contributed by atoms with Gasteiger partial charge in [-0.15, -0.1) is 0 Å². The van der Waals surface area contributed by atoms with E-state index in [4.69, 9.17) is 14.2 Å². The van der Waals surface area contributed by atoms with Gasteiger partial charge in [0.1, 0.15) is 5.57 Å². The maximum atomic E-state index is 12.4. The van der Waals surface area contributed by atoms with Crippen LogP contribution in [0.2, 0.25) is 0 Å². The predicted molar refractivity (Wildman–Crippen MR) is 110 cm³/mol. The molecule has 6 heteroatoms. The van der Waals surface area contributed by atoms with Gasteiger partial charge in [-0.2, -0.15) is 0 Å². The lowest BCUT2D eigenvalue weighted by Crippen LogP contribution is -2.31. The lowest BCUT2D eigenvalue weighted by molar-refractivity contribution is -0.147. The van der Waals surface area contributed by atoms with Crippen molar-refractivity contribution in [3.05, 3.63) is 23.9 Å². The monoisotopic (exact) mass is 395 g/mol. The Morgan fingerprint density at radius 2 is 1.39 bits per heavy atom. The van der Waals surface area contributed by atoms with Crippen LogP contribution in [0.15, 0.2) is 23.9 Å². The van der Waals surface area contributed by atoms with Gasteiger partial charge in [0.2, 0.25) is 0 Å². The first-order valence-corrected chi connectivity index (χ1v) is 10.7. The number of unbranched alkanes of at least 4 members (excludes halogenated alkanes) is 6. The third-order valence-electron chi connectivity index (χ3n) is 4.51. The molecular formula is C22H37NO5. The maximum absolute atomic E-state index is 12.4. The van der Waals surface area contributed by atoms with E-state index in [-0.39, 0.29) is 5.57 Å². The molecular weight excluding hydrogens is 358 g/mol. The fraction of sp³-hybridized carbons (Fsp3) is 0.727. The van der Waals surface area contributed by atoms with Crippen LogP contribution in [0.5, 0.6) is 0 Å². The number of ether oxygens (including phenoxy) is 3. The van der Waals surface area contributed by atoms with Crippen LogP contribution in [-0.4, -0.2) is 56.4 Å². The molecule has 160 valence electrons. The van der Waals surface area contributed by atoms with Gasteiger partial charge < -0.3 is 19.1 Å². The fourth-order valence-electron chi connectivity index (χ4n) is 2.75. The summed E-state index contributed by atoms with van der Waals surface area (Å²) in [6.45, 7) is 7.86. The maximum Gasteiger partial charge on any atom is 0.345 e. The summed E-state index contributed by atoms with van der Waals surface area (Å²) in [7, 11) is 0. The van der Waals surface area contributed by atoms with Crippen LogP contribution in [0, 0.1) is 0 Å². The van der Waals surface area contributed by atoms with Crippen LogP contribution in [0.25, 0.3) is 0 Å². The Balaban J connectivity index is 2.58. The standard InChI is InChI=1S/C22H37NO5/c1-3-5-7-9-16-27-21(24)20(22(25)28-17-10-8-6-4-2)12-11-13-23-14-18-26-19-15-23/h11-13H,3-10,14-19H2,1-2H3/b13-11+. The van der Waals surface area contributed by atoms with E-state index in [2.05, 4.69) is 18.7 Å². The summed E-state index contributed by atoms with van der Waals surface area (Å²) in [6, 6.07) is 0. The number of carbonyl (C=O) groups is 2. The largest absolute Gasteiger partial charge is 0.462 e. The summed E-state index contributed by atoms with van der Waals surface area (Å²) in [5.74, 6) is -1.22. The zero-order valence-electron chi connectivity index (χ0n) is 17.6. The first kappa shape index (κ1) is 24.2. The summed E-state index contributed by atoms with van der Waals surface area (Å²) in [5, 5.41) is 0. The molecule has 28 heavy (non-hydrogen) atoms. The van der Waals surface area contributed by atoms with Crippen molar-refractivity contribution in [2.75, 3.05) is 39.5 Å². The number of rotatable bonds is 14. The Morgan fingerprint density at radius 1 is 0.857 bits per heavy atom. The summed E-state index contributed by atoms with van der Waals surface area (Å²) in [6.07, 6.45) is 13.2. The quantitative estimate of drug-likeness (QED) is 0.111. The van der Waals surface area contributed by atoms with Crippen LogP contribution in [0.4, 0.5) is 0 Å². The van der Waals surface area contributed by atoms with Crippen molar-refractivity contribution >= 4 is 11.9 Å². The predicted octanol–water partition coefficient (Wildman–Crippen LogP) is 4.01. The Bertz CT molecular complexity index is 467. The van der Waals surface area contributed by atoms with Crippen molar-refractivity contribution in [2.45, 2.75) is 65.2 Å². The highest BCUT2D eigenvalue weighted by molar-refractivity contribution is 6.14. The Hall–Kier alpha value is -1.82. The van der Waals surface area contributed by atoms with E-state index >= 15 is 0 Å². The minimum atomic E-state index is -0.610. The average molecular weight is 396 g/mol. The third-order valence-corrected chi connectivity index (χ3v) is 4.51. The first-order chi connectivity index (χ1) is 13.7. The molecule has 0 bridgehead atoms. The van der Waals surface area contributed by atoms with Gasteiger partial charge in [0.05, 0.1) is 26.4 Å². The zero-order valence-corrected chi connectivity index (χ0v) is 17.6. The number of hydrogen-bond donors (Lipinski definition) is 0. The van der Waals surface area contributed by atoms with Gasteiger partial charge in [0, 0.05) is 13.1 Å². The highest BCUT2D eigenvalue weighted by Crippen LogP contribution is 2.08. The number of morpholine rings is 1. The molecule has 0 amide bonds. The molecule has 1 rings (SSSR count). The zero-order chi connectivity index (χ0) is 20.5. The van der Waals surface area contributed by atoms with Crippen molar-refractivity contribution < 1.29 is 23.8 Å². The number of hydrogen-bond acceptors (Lipinski definition) is 6. The molecule has 1 fully saturated rings. The minimum Gasteiger partial charge on any atom is -0.462 e. The highest BCUT2D eigenvalue weighted by atomic mass is 16.6. The molecule has 0 aliphatic carbocycles. The van der Waals surface area contributed by atoms with Crippen molar-refractivity contribution in [3.63, 3.8) is 0 Å². The lowest BCUT2D eigenvalue weighted by Gasteiger charge is -2.24. The lowest BCUT2D eigenvalue weighted by atomic mass is 10.2. The van der Waals surface area contributed by atoms with Gasteiger partial charge in [0.15, 0.2) is 0 Å². The van der Waals surface area contributed by atoms with Gasteiger partial charge in [-0.1, -0.05) is 52.4 Å². The first-order valence-electron chi connectivity index (χ1n) is 10.7. The van der Waals surface area contributed by atoms with Crippen LogP contribution in [-0.2, 0) is 23.8 Å². The van der Waals surface area contributed by atoms with E-state index < -0.39 is 11.9 Å². The van der Waals surface area contributed by atoms with Crippen molar-refractivity contribution in [1.82, 2.24) is 4.90 Å². The van der Waals surface area contributed by atoms with E-state index in [1.807, 2.05) is 6.20 Å². The molecule has 0 unspecified atom stereocenters. The highest BCUT2D eigenvalue weighted by Gasteiger charge is 2.20. The van der Waals surface area contributed by atoms with Crippen LogP contribution < -0.4 is 0 Å². The number of carbonyl (C=O) groups excluding carboxylic acids is 2. The molecule has 0 radical (unpaired) electrons. The number of nitrogens with zero attached hydrogens (tertiary/aromatic N) is 1. The molecule has 0 atom stereocenters. The summed E-state index contributed by atoms with van der Waals surface area (Å²) in [4.78, 5) is 26.8. The van der Waals surface area contributed by atoms with Crippen molar-refractivity contribution in [2.24, 2.45) is 0 Å². The molecule has 1 aliphatic rings. The van der Waals surface area contributed by atoms with Gasteiger partial charge in [-0.25, -0.2) is 9.59 Å². The van der Waals surface area contributed by atoms with E-state index in [1.54, 1.807) is 6.08 Å². The molecule has 1 heterocycles. The molecule has 0 aromatic carbocycles. The topological polar surface area (TPSA) is 65.1 Å². The van der Waals surface area contributed by atoms with E-state index in [1.165, 1.54) is 6.08 Å². The minimum absolute atomic E-state index is 0.0458.